The van der Waals surface area contributed by atoms with E-state index < -0.39 is 0 Å². The van der Waals surface area contributed by atoms with Crippen LogP contribution in [0.15, 0.2) is 53.5 Å². The highest BCUT2D eigenvalue weighted by molar-refractivity contribution is 6.06. The number of carbonyl (C=O) groups excluding carboxylic acids is 1. The van der Waals surface area contributed by atoms with Gasteiger partial charge in [0.2, 0.25) is 0 Å². The van der Waals surface area contributed by atoms with Crippen LogP contribution in [0.1, 0.15) is 16.8 Å². The molecule has 2 N–H and O–H groups in total. The lowest BCUT2D eigenvalue weighted by atomic mass is 10.1. The number of carbonyl (C=O) groups is 1. The first-order valence-corrected chi connectivity index (χ1v) is 9.15. The Balaban J connectivity index is 1.76. The molecule has 1 amide bonds. The Morgan fingerprint density at radius 3 is 2.76 bits per heavy atom. The van der Waals surface area contributed by atoms with Gasteiger partial charge in [-0.05, 0) is 48.9 Å². The summed E-state index contributed by atoms with van der Waals surface area (Å²) < 4.78 is 19.5. The highest BCUT2D eigenvalue weighted by Crippen LogP contribution is 2.22. The van der Waals surface area contributed by atoms with Gasteiger partial charge in [-0.2, -0.15) is 0 Å². The third-order valence-corrected chi connectivity index (χ3v) is 4.68. The smallest absolute Gasteiger partial charge is 0.280 e. The molecule has 2 aromatic carbocycles. The third kappa shape index (κ3) is 3.62. The van der Waals surface area contributed by atoms with Gasteiger partial charge in [0.1, 0.15) is 5.82 Å². The van der Waals surface area contributed by atoms with Crippen molar-refractivity contribution >= 4 is 27.7 Å². The average molecular weight is 394 g/mol. The second-order valence-electron chi connectivity index (χ2n) is 6.61. The predicted molar refractivity (Wildman–Crippen MR) is 108 cm³/mol. The summed E-state index contributed by atoms with van der Waals surface area (Å²) in [5.41, 5.74) is 1.90. The SMILES string of the molecule is COCCCNC(=O)c1ccc2ncc3c(=O)n(-c4ccc(F)cc4)[nH]c3c2c1. The number of benzene rings is 2. The Morgan fingerprint density at radius 1 is 1.21 bits per heavy atom. The lowest BCUT2D eigenvalue weighted by molar-refractivity contribution is 0.0948. The quantitative estimate of drug-likeness (QED) is 0.492. The fourth-order valence-corrected chi connectivity index (χ4v) is 3.19. The normalized spacial score (nSPS) is 11.2. The van der Waals surface area contributed by atoms with Crippen molar-refractivity contribution in [2.45, 2.75) is 6.42 Å². The number of hydrogen-bond donors (Lipinski definition) is 2. The van der Waals surface area contributed by atoms with Crippen LogP contribution >= 0.6 is 0 Å². The lowest BCUT2D eigenvalue weighted by Crippen LogP contribution is -2.25. The first-order valence-electron chi connectivity index (χ1n) is 9.15. The molecule has 148 valence electrons. The second-order valence-corrected chi connectivity index (χ2v) is 6.61. The molecule has 8 heteroatoms. The lowest BCUT2D eigenvalue weighted by Gasteiger charge is -2.06. The molecule has 4 aromatic rings. The summed E-state index contributed by atoms with van der Waals surface area (Å²) in [5, 5.41) is 6.95. The highest BCUT2D eigenvalue weighted by Gasteiger charge is 2.14. The van der Waals surface area contributed by atoms with Crippen molar-refractivity contribution in [3.8, 4) is 5.69 Å². The number of methoxy groups -OCH3 is 1. The molecular weight excluding hydrogens is 375 g/mol. The number of ether oxygens (including phenoxy) is 1. The molecule has 7 nitrogen and oxygen atoms in total. The van der Waals surface area contributed by atoms with Crippen LogP contribution in [-0.2, 0) is 4.74 Å². The molecule has 0 atom stereocenters. The molecule has 0 saturated heterocycles. The van der Waals surface area contributed by atoms with Gasteiger partial charge in [-0.25, -0.2) is 9.07 Å². The minimum Gasteiger partial charge on any atom is -0.385 e. The van der Waals surface area contributed by atoms with Crippen molar-refractivity contribution in [3.63, 3.8) is 0 Å². The zero-order valence-electron chi connectivity index (χ0n) is 15.7. The number of nitrogens with zero attached hydrogens (tertiary/aromatic N) is 2. The standard InChI is InChI=1S/C21H19FN4O3/c1-29-10-2-9-23-20(27)13-3-8-18-16(11-13)19-17(12-24-18)21(28)26(25-19)15-6-4-14(22)5-7-15/h3-8,11-12,25H,2,9-10H2,1H3,(H,23,27). The van der Waals surface area contributed by atoms with Gasteiger partial charge in [-0.3, -0.25) is 19.7 Å². The first kappa shape index (κ1) is 18.8. The van der Waals surface area contributed by atoms with Gasteiger partial charge in [-0.15, -0.1) is 0 Å². The topological polar surface area (TPSA) is 89.0 Å². The molecule has 29 heavy (non-hydrogen) atoms. The molecule has 0 aliphatic rings. The van der Waals surface area contributed by atoms with E-state index in [-0.39, 0.29) is 17.3 Å². The van der Waals surface area contributed by atoms with E-state index >= 15 is 0 Å². The molecule has 0 bridgehead atoms. The van der Waals surface area contributed by atoms with Gasteiger partial charge in [0, 0.05) is 37.4 Å². The Bertz CT molecular complexity index is 1240. The fraction of sp³-hybridized carbons (Fsp3) is 0.190. The Hall–Kier alpha value is -3.52. The van der Waals surface area contributed by atoms with Gasteiger partial charge in [0.15, 0.2) is 0 Å². The maximum atomic E-state index is 13.2. The number of amides is 1. The van der Waals surface area contributed by atoms with E-state index in [2.05, 4.69) is 15.4 Å². The maximum Gasteiger partial charge on any atom is 0.280 e. The maximum absolute atomic E-state index is 13.2. The number of aromatic nitrogens is 3. The summed E-state index contributed by atoms with van der Waals surface area (Å²) in [5.74, 6) is -0.591. The van der Waals surface area contributed by atoms with Crippen LogP contribution in [0.5, 0.6) is 0 Å². The number of fused-ring (bicyclic) bond motifs is 3. The van der Waals surface area contributed by atoms with Crippen molar-refractivity contribution in [2.24, 2.45) is 0 Å². The third-order valence-electron chi connectivity index (χ3n) is 4.68. The van der Waals surface area contributed by atoms with Crippen LogP contribution < -0.4 is 10.9 Å². The average Bonchev–Trinajstić information content (AvgIpc) is 3.08. The van der Waals surface area contributed by atoms with Crippen molar-refractivity contribution in [2.75, 3.05) is 20.3 Å². The van der Waals surface area contributed by atoms with Crippen molar-refractivity contribution in [1.82, 2.24) is 20.1 Å². The van der Waals surface area contributed by atoms with E-state index in [9.17, 15) is 14.0 Å². The summed E-state index contributed by atoms with van der Waals surface area (Å²) in [6.45, 7) is 1.08. The number of rotatable bonds is 6. The molecule has 2 aromatic heterocycles. The Labute approximate surface area is 165 Å². The zero-order chi connectivity index (χ0) is 20.4. The Kier molecular flexibility index (Phi) is 5.09. The van der Waals surface area contributed by atoms with Crippen molar-refractivity contribution in [3.05, 3.63) is 70.4 Å². The molecule has 0 aliphatic heterocycles. The van der Waals surface area contributed by atoms with Crippen LogP contribution in [0, 0.1) is 5.82 Å². The van der Waals surface area contributed by atoms with Gasteiger partial charge in [0.25, 0.3) is 11.5 Å². The van der Waals surface area contributed by atoms with Gasteiger partial charge >= 0.3 is 0 Å². The van der Waals surface area contributed by atoms with E-state index in [0.29, 0.717) is 46.2 Å². The number of hydrogen-bond acceptors (Lipinski definition) is 4. The minimum absolute atomic E-state index is 0.208. The van der Waals surface area contributed by atoms with Crippen molar-refractivity contribution in [1.29, 1.82) is 0 Å². The van der Waals surface area contributed by atoms with E-state index in [1.807, 2.05) is 0 Å². The molecule has 0 saturated carbocycles. The van der Waals surface area contributed by atoms with Crippen molar-refractivity contribution < 1.29 is 13.9 Å². The molecule has 0 fully saturated rings. The monoisotopic (exact) mass is 394 g/mol. The van der Waals surface area contributed by atoms with E-state index in [1.54, 1.807) is 25.3 Å². The molecule has 0 radical (unpaired) electrons. The fourth-order valence-electron chi connectivity index (χ4n) is 3.19. The molecule has 2 heterocycles. The zero-order valence-corrected chi connectivity index (χ0v) is 15.7. The summed E-state index contributed by atoms with van der Waals surface area (Å²) in [4.78, 5) is 29.6. The van der Waals surface area contributed by atoms with Crippen LogP contribution in [0.3, 0.4) is 0 Å². The summed E-state index contributed by atoms with van der Waals surface area (Å²) in [6, 6.07) is 10.8. The highest BCUT2D eigenvalue weighted by atomic mass is 19.1. The van der Waals surface area contributed by atoms with Crippen LogP contribution in [0.4, 0.5) is 4.39 Å². The minimum atomic E-state index is -0.383. The van der Waals surface area contributed by atoms with E-state index in [1.165, 1.54) is 35.1 Å². The van der Waals surface area contributed by atoms with E-state index in [0.717, 1.165) is 6.42 Å². The first-order chi connectivity index (χ1) is 14.1. The van der Waals surface area contributed by atoms with Crippen LogP contribution in [0.25, 0.3) is 27.5 Å². The predicted octanol–water partition coefficient (Wildman–Crippen LogP) is 2.77. The van der Waals surface area contributed by atoms with Gasteiger partial charge < -0.3 is 10.1 Å². The van der Waals surface area contributed by atoms with Gasteiger partial charge in [0.05, 0.1) is 22.1 Å². The summed E-state index contributed by atoms with van der Waals surface area (Å²) >= 11 is 0. The number of halogens is 1. The Morgan fingerprint density at radius 2 is 2.00 bits per heavy atom. The number of H-pyrrole nitrogens is 1. The number of pyridine rings is 1. The number of nitrogens with one attached hydrogen (secondary N) is 2. The molecule has 4 rings (SSSR count). The molecule has 0 spiro atoms. The largest absolute Gasteiger partial charge is 0.385 e. The van der Waals surface area contributed by atoms with Crippen LogP contribution in [0.2, 0.25) is 0 Å². The molecular formula is C21H19FN4O3. The molecule has 0 unspecified atom stereocenters. The van der Waals surface area contributed by atoms with Crippen LogP contribution in [-0.4, -0.2) is 40.9 Å². The summed E-state index contributed by atoms with van der Waals surface area (Å²) in [6.07, 6.45) is 2.22. The number of aromatic amines is 1. The second kappa shape index (κ2) is 7.84. The van der Waals surface area contributed by atoms with E-state index in [4.69, 9.17) is 4.74 Å². The van der Waals surface area contributed by atoms with Gasteiger partial charge in [-0.1, -0.05) is 0 Å². The summed E-state index contributed by atoms with van der Waals surface area (Å²) in [7, 11) is 1.61. The molecule has 0 aliphatic carbocycles.